The van der Waals surface area contributed by atoms with E-state index in [4.69, 9.17) is 4.74 Å². The van der Waals surface area contributed by atoms with Gasteiger partial charge in [-0.05, 0) is 78.0 Å². The number of allylic oxidation sites excluding steroid dienone is 6. The van der Waals surface area contributed by atoms with Crippen LogP contribution in [0.15, 0.2) is 88.9 Å². The largest absolute Gasteiger partial charge is 0.438 e. The van der Waals surface area contributed by atoms with Crippen molar-refractivity contribution in [3.05, 3.63) is 90.1 Å². The first-order chi connectivity index (χ1) is 19.4. The molecule has 4 nitrogen and oxygen atoms in total. The second-order valence-electron chi connectivity index (χ2n) is 8.91. The summed E-state index contributed by atoms with van der Waals surface area (Å²) in [5, 5.41) is 0. The van der Waals surface area contributed by atoms with Crippen LogP contribution in [0.2, 0.25) is 0 Å². The van der Waals surface area contributed by atoms with E-state index in [2.05, 4.69) is 82.2 Å². The standard InChI is InChI=1S/C13H15F2NO.C11H16.C7H17N.C2H5N.C2H6/c1-4-10-5-7-11(8-6-10)9(2)17-13(16-3)12(14)15;1-6-11(10(4)5)8-7-9(2)3;1-4-6-8(3)7-5-2;1-3-2;1-2/h5-8,12H,2,4H2,1,3H3;6-8H,1,4H2,2-3,5H3;4-7H2,1-3H3;1H2,2H3;1-2H3/b;11-8+;;;. The fraction of sp³-hybridized carbons (Fsp3) is 0.486. The molecule has 0 saturated carbocycles. The molecule has 41 heavy (non-hydrogen) atoms. The highest BCUT2D eigenvalue weighted by Crippen LogP contribution is 2.17. The normalized spacial score (nSPS) is 10.2. The lowest BCUT2D eigenvalue weighted by atomic mass is 10.1. The van der Waals surface area contributed by atoms with Crippen LogP contribution in [0, 0.1) is 0 Å². The van der Waals surface area contributed by atoms with Crippen LogP contribution in [0.25, 0.3) is 5.76 Å². The lowest BCUT2D eigenvalue weighted by Crippen LogP contribution is -2.19. The quantitative estimate of drug-likeness (QED) is 0.114. The topological polar surface area (TPSA) is 37.2 Å². The Balaban J connectivity index is -0.000000246. The molecule has 0 saturated heterocycles. The van der Waals surface area contributed by atoms with E-state index in [1.165, 1.54) is 44.1 Å². The van der Waals surface area contributed by atoms with Crippen LogP contribution in [0.5, 0.6) is 0 Å². The Morgan fingerprint density at radius 3 is 1.71 bits per heavy atom. The van der Waals surface area contributed by atoms with Crippen molar-refractivity contribution in [1.82, 2.24) is 4.90 Å². The first kappa shape index (κ1) is 44.9. The van der Waals surface area contributed by atoms with Gasteiger partial charge < -0.3 is 14.6 Å². The van der Waals surface area contributed by atoms with Crippen molar-refractivity contribution < 1.29 is 13.5 Å². The van der Waals surface area contributed by atoms with Gasteiger partial charge in [-0.15, -0.1) is 0 Å². The van der Waals surface area contributed by atoms with Crippen LogP contribution in [0.3, 0.4) is 0 Å². The zero-order chi connectivity index (χ0) is 32.8. The molecular weight excluding hydrogens is 516 g/mol. The monoisotopic (exact) mass is 575 g/mol. The van der Waals surface area contributed by atoms with Gasteiger partial charge in [0, 0.05) is 19.7 Å². The predicted molar refractivity (Wildman–Crippen MR) is 183 cm³/mol. The Morgan fingerprint density at radius 2 is 1.41 bits per heavy atom. The number of aryl methyl sites for hydroxylation is 1. The molecule has 0 spiro atoms. The Hall–Kier alpha value is -3.12. The third-order valence-electron chi connectivity index (χ3n) is 4.84. The van der Waals surface area contributed by atoms with E-state index in [-0.39, 0.29) is 5.76 Å². The van der Waals surface area contributed by atoms with Gasteiger partial charge in [-0.25, -0.2) is 0 Å². The number of alkyl halides is 2. The lowest BCUT2D eigenvalue weighted by molar-refractivity contribution is 0.196. The van der Waals surface area contributed by atoms with E-state index in [0.717, 1.165) is 17.6 Å². The van der Waals surface area contributed by atoms with Crippen molar-refractivity contribution in [3.63, 3.8) is 0 Å². The zero-order valence-electron chi connectivity index (χ0n) is 28.0. The van der Waals surface area contributed by atoms with Crippen molar-refractivity contribution in [3.8, 4) is 0 Å². The number of halogens is 2. The highest BCUT2D eigenvalue weighted by atomic mass is 19.3. The average Bonchev–Trinajstić information content (AvgIpc) is 2.94. The molecule has 6 heteroatoms. The third kappa shape index (κ3) is 28.2. The van der Waals surface area contributed by atoms with Gasteiger partial charge in [0.05, 0.1) is 0 Å². The highest BCUT2D eigenvalue weighted by molar-refractivity contribution is 5.84. The van der Waals surface area contributed by atoms with Crippen LogP contribution in [-0.4, -0.2) is 58.2 Å². The number of nitrogens with zero attached hydrogens (tertiary/aromatic N) is 3. The molecule has 0 fully saturated rings. The van der Waals surface area contributed by atoms with Crippen LogP contribution in [-0.2, 0) is 11.2 Å². The van der Waals surface area contributed by atoms with Crippen molar-refractivity contribution in [2.75, 3.05) is 34.2 Å². The number of ether oxygens (including phenoxy) is 1. The number of aliphatic imine (C=N–C) groups is 2. The van der Waals surface area contributed by atoms with Gasteiger partial charge in [-0.2, -0.15) is 8.78 Å². The Kier molecular flexibility index (Phi) is 34.4. The molecule has 1 aromatic carbocycles. The van der Waals surface area contributed by atoms with E-state index in [9.17, 15) is 8.78 Å². The molecule has 0 bridgehead atoms. The van der Waals surface area contributed by atoms with E-state index in [1.807, 2.05) is 52.0 Å². The molecule has 1 aromatic rings. The van der Waals surface area contributed by atoms with Crippen LogP contribution < -0.4 is 0 Å². The predicted octanol–water partition coefficient (Wildman–Crippen LogP) is 10.3. The van der Waals surface area contributed by atoms with E-state index >= 15 is 0 Å². The molecule has 0 unspecified atom stereocenters. The number of hydrogen-bond acceptors (Lipinski definition) is 4. The summed E-state index contributed by atoms with van der Waals surface area (Å²) >= 11 is 0. The molecule has 0 aliphatic carbocycles. The molecule has 0 aliphatic heterocycles. The fourth-order valence-electron chi connectivity index (χ4n) is 2.82. The lowest BCUT2D eigenvalue weighted by Gasteiger charge is -2.12. The summed E-state index contributed by atoms with van der Waals surface area (Å²) in [6.45, 7) is 33.3. The summed E-state index contributed by atoms with van der Waals surface area (Å²) in [4.78, 5) is 8.98. The average molecular weight is 576 g/mol. The second-order valence-corrected chi connectivity index (χ2v) is 8.91. The summed E-state index contributed by atoms with van der Waals surface area (Å²) in [5.41, 5.74) is 5.28. The van der Waals surface area contributed by atoms with E-state index < -0.39 is 12.3 Å². The van der Waals surface area contributed by atoms with Gasteiger partial charge in [0.15, 0.2) is 0 Å². The zero-order valence-corrected chi connectivity index (χ0v) is 28.0. The van der Waals surface area contributed by atoms with Crippen LogP contribution in [0.1, 0.15) is 79.4 Å². The van der Waals surface area contributed by atoms with Crippen molar-refractivity contribution in [1.29, 1.82) is 0 Å². The minimum absolute atomic E-state index is 0.175. The summed E-state index contributed by atoms with van der Waals surface area (Å²) in [6, 6.07) is 7.41. The maximum Gasteiger partial charge on any atom is 0.312 e. The molecule has 0 aliphatic rings. The molecule has 0 radical (unpaired) electrons. The highest BCUT2D eigenvalue weighted by Gasteiger charge is 2.15. The molecule has 0 heterocycles. The molecular formula is C35H59F2N3O. The smallest absolute Gasteiger partial charge is 0.312 e. The maximum atomic E-state index is 12.4. The molecule has 0 aromatic heterocycles. The Labute approximate surface area is 252 Å². The van der Waals surface area contributed by atoms with E-state index in [0.29, 0.717) is 5.56 Å². The van der Waals surface area contributed by atoms with Gasteiger partial charge >= 0.3 is 6.43 Å². The first-order valence-corrected chi connectivity index (χ1v) is 14.3. The fourth-order valence-corrected chi connectivity index (χ4v) is 2.82. The first-order valence-electron chi connectivity index (χ1n) is 14.3. The van der Waals surface area contributed by atoms with Crippen LogP contribution in [0.4, 0.5) is 8.78 Å². The molecule has 0 amide bonds. The number of rotatable bonds is 11. The summed E-state index contributed by atoms with van der Waals surface area (Å²) in [5.74, 6) is -0.442. The minimum atomic E-state index is -2.73. The Morgan fingerprint density at radius 1 is 0.951 bits per heavy atom. The molecule has 1 rings (SSSR count). The SMILES string of the molecule is C=C(OC(=NC)C(F)F)c1ccc(CC)cc1.C=C/C(=C\C=C(C)C)C(=C)C.C=NC.CC.CCCN(C)CCC. The van der Waals surface area contributed by atoms with E-state index in [1.54, 1.807) is 19.2 Å². The molecule has 234 valence electrons. The van der Waals surface area contributed by atoms with Gasteiger partial charge in [-0.1, -0.05) is 108 Å². The maximum absolute atomic E-state index is 12.4. The number of hydrogen-bond donors (Lipinski definition) is 0. The van der Waals surface area contributed by atoms with Crippen LogP contribution >= 0.6 is 0 Å². The van der Waals surface area contributed by atoms with Crippen molar-refractivity contribution in [2.24, 2.45) is 9.98 Å². The van der Waals surface area contributed by atoms with Crippen molar-refractivity contribution >= 4 is 18.4 Å². The van der Waals surface area contributed by atoms with Gasteiger partial charge in [0.2, 0.25) is 0 Å². The number of benzene rings is 1. The summed E-state index contributed by atoms with van der Waals surface area (Å²) in [6.07, 6.45) is 6.66. The van der Waals surface area contributed by atoms with Gasteiger partial charge in [0.25, 0.3) is 5.90 Å². The van der Waals surface area contributed by atoms with Crippen molar-refractivity contribution in [2.45, 2.75) is 81.1 Å². The van der Waals surface area contributed by atoms with Gasteiger partial charge in [0.1, 0.15) is 5.76 Å². The molecule has 0 N–H and O–H groups in total. The Bertz CT molecular complexity index is 904. The third-order valence-corrected chi connectivity index (χ3v) is 4.84. The second kappa shape index (κ2) is 31.4. The summed E-state index contributed by atoms with van der Waals surface area (Å²) < 4.78 is 29.7. The molecule has 0 atom stereocenters. The summed E-state index contributed by atoms with van der Waals surface area (Å²) in [7, 11) is 5.07. The van der Waals surface area contributed by atoms with Gasteiger partial charge in [-0.3, -0.25) is 4.99 Å². The minimum Gasteiger partial charge on any atom is -0.438 e.